The van der Waals surface area contributed by atoms with Crippen molar-refractivity contribution < 1.29 is 0 Å². The second kappa shape index (κ2) is 3.70. The summed E-state index contributed by atoms with van der Waals surface area (Å²) in [5.74, 6) is 0.836. The molecule has 2 N–H and O–H groups in total. The monoisotopic (exact) mass is 190 g/mol. The average Bonchev–Trinajstić information content (AvgIpc) is 2.24. The molecule has 0 saturated heterocycles. The van der Waals surface area contributed by atoms with Crippen molar-refractivity contribution in [1.29, 1.82) is 0 Å². The molecule has 2 rings (SSSR count). The van der Waals surface area contributed by atoms with E-state index in [-0.39, 0.29) is 5.54 Å². The summed E-state index contributed by atoms with van der Waals surface area (Å²) < 4.78 is 0. The van der Waals surface area contributed by atoms with Crippen LogP contribution in [0.4, 0.5) is 0 Å². The molecular weight excluding hydrogens is 172 g/mol. The van der Waals surface area contributed by atoms with Crippen molar-refractivity contribution in [3.05, 3.63) is 30.1 Å². The lowest BCUT2D eigenvalue weighted by Crippen LogP contribution is -2.40. The molecule has 1 aromatic rings. The van der Waals surface area contributed by atoms with Crippen molar-refractivity contribution in [3.8, 4) is 0 Å². The Morgan fingerprint density at radius 1 is 1.43 bits per heavy atom. The fourth-order valence-corrected chi connectivity index (χ4v) is 2.22. The van der Waals surface area contributed by atoms with Crippen molar-refractivity contribution in [2.45, 2.75) is 38.1 Å². The Bertz CT molecular complexity index is 286. The molecule has 0 aromatic carbocycles. The van der Waals surface area contributed by atoms with Gasteiger partial charge in [0.2, 0.25) is 0 Å². The first-order valence-electron chi connectivity index (χ1n) is 5.40. The molecule has 1 aliphatic rings. The number of nitrogens with two attached hydrogens (primary N) is 1. The lowest BCUT2D eigenvalue weighted by atomic mass is 9.74. The molecule has 1 saturated carbocycles. The number of pyridine rings is 1. The molecule has 0 aliphatic heterocycles. The summed E-state index contributed by atoms with van der Waals surface area (Å²) in [5.41, 5.74) is 7.49. The zero-order valence-electron chi connectivity index (χ0n) is 8.74. The molecule has 0 amide bonds. The van der Waals surface area contributed by atoms with Crippen LogP contribution in [-0.4, -0.2) is 4.98 Å². The first kappa shape index (κ1) is 9.66. The molecule has 1 aliphatic carbocycles. The van der Waals surface area contributed by atoms with Gasteiger partial charge >= 0.3 is 0 Å². The summed E-state index contributed by atoms with van der Waals surface area (Å²) >= 11 is 0. The van der Waals surface area contributed by atoms with Gasteiger partial charge in [0, 0.05) is 17.9 Å². The van der Waals surface area contributed by atoms with E-state index in [9.17, 15) is 0 Å². The molecule has 0 atom stereocenters. The smallest absolute Gasteiger partial charge is 0.0425 e. The first-order chi connectivity index (χ1) is 6.71. The van der Waals surface area contributed by atoms with Crippen molar-refractivity contribution in [3.63, 3.8) is 0 Å². The van der Waals surface area contributed by atoms with Crippen LogP contribution in [-0.2, 0) is 5.54 Å². The van der Waals surface area contributed by atoms with Gasteiger partial charge in [0.25, 0.3) is 0 Å². The number of aromatic nitrogens is 1. The molecule has 2 heteroatoms. The van der Waals surface area contributed by atoms with Crippen molar-refractivity contribution >= 4 is 0 Å². The fourth-order valence-electron chi connectivity index (χ4n) is 2.22. The molecule has 1 aromatic heterocycles. The average molecular weight is 190 g/mol. The largest absolute Gasteiger partial charge is 0.321 e. The highest BCUT2D eigenvalue weighted by Gasteiger charge is 2.31. The minimum atomic E-state index is -0.110. The highest BCUT2D eigenvalue weighted by atomic mass is 14.8. The van der Waals surface area contributed by atoms with E-state index >= 15 is 0 Å². The van der Waals surface area contributed by atoms with E-state index < -0.39 is 0 Å². The van der Waals surface area contributed by atoms with Crippen LogP contribution in [0.25, 0.3) is 0 Å². The molecule has 0 unspecified atom stereocenters. The van der Waals surface area contributed by atoms with Crippen molar-refractivity contribution in [2.24, 2.45) is 11.7 Å². The van der Waals surface area contributed by atoms with Gasteiger partial charge in [0.1, 0.15) is 0 Å². The molecule has 0 bridgehead atoms. The van der Waals surface area contributed by atoms with E-state index in [0.29, 0.717) is 0 Å². The Labute approximate surface area is 85.5 Å². The van der Waals surface area contributed by atoms with Gasteiger partial charge in [0.05, 0.1) is 0 Å². The standard InChI is InChI=1S/C12H18N2/c1-10-4-6-12(13,7-5-10)11-3-2-8-14-9-11/h2-3,8-10H,4-7,13H2,1H3. The topological polar surface area (TPSA) is 38.9 Å². The molecular formula is C12H18N2. The predicted molar refractivity (Wildman–Crippen MR) is 57.7 cm³/mol. The molecule has 14 heavy (non-hydrogen) atoms. The predicted octanol–water partition coefficient (Wildman–Crippen LogP) is 2.45. The third kappa shape index (κ3) is 1.80. The molecule has 0 radical (unpaired) electrons. The zero-order chi connectivity index (χ0) is 10.0. The van der Waals surface area contributed by atoms with Gasteiger partial charge in [-0.1, -0.05) is 13.0 Å². The highest BCUT2D eigenvalue weighted by Crippen LogP contribution is 2.36. The van der Waals surface area contributed by atoms with E-state index in [4.69, 9.17) is 5.73 Å². The Kier molecular flexibility index (Phi) is 2.55. The van der Waals surface area contributed by atoms with Gasteiger partial charge in [-0.25, -0.2) is 0 Å². The summed E-state index contributed by atoms with van der Waals surface area (Å²) in [6, 6.07) is 4.07. The second-order valence-corrected chi connectivity index (χ2v) is 4.58. The molecule has 0 spiro atoms. The van der Waals surface area contributed by atoms with Gasteiger partial charge in [-0.2, -0.15) is 0 Å². The minimum absolute atomic E-state index is 0.110. The molecule has 1 fully saturated rings. The maximum Gasteiger partial charge on any atom is 0.0425 e. The normalized spacial score (nSPS) is 32.9. The summed E-state index contributed by atoms with van der Waals surface area (Å²) in [7, 11) is 0. The zero-order valence-corrected chi connectivity index (χ0v) is 8.74. The van der Waals surface area contributed by atoms with Gasteiger partial charge in [-0.05, 0) is 43.2 Å². The van der Waals surface area contributed by atoms with Gasteiger partial charge in [0.15, 0.2) is 0 Å². The van der Waals surface area contributed by atoms with Crippen LogP contribution in [0.1, 0.15) is 38.2 Å². The highest BCUT2D eigenvalue weighted by molar-refractivity contribution is 5.20. The quantitative estimate of drug-likeness (QED) is 0.738. The first-order valence-corrected chi connectivity index (χ1v) is 5.40. The van der Waals surface area contributed by atoms with Crippen molar-refractivity contribution in [1.82, 2.24) is 4.98 Å². The second-order valence-electron chi connectivity index (χ2n) is 4.58. The van der Waals surface area contributed by atoms with Gasteiger partial charge in [-0.3, -0.25) is 4.98 Å². The third-order valence-corrected chi connectivity index (χ3v) is 3.40. The van der Waals surface area contributed by atoms with E-state index in [0.717, 1.165) is 18.8 Å². The van der Waals surface area contributed by atoms with E-state index in [1.54, 1.807) is 6.20 Å². The van der Waals surface area contributed by atoms with Gasteiger partial charge < -0.3 is 5.73 Å². The molecule has 2 nitrogen and oxygen atoms in total. The minimum Gasteiger partial charge on any atom is -0.321 e. The number of hydrogen-bond donors (Lipinski definition) is 1. The van der Waals surface area contributed by atoms with Crippen LogP contribution in [0.5, 0.6) is 0 Å². The van der Waals surface area contributed by atoms with Crippen LogP contribution < -0.4 is 5.73 Å². The SMILES string of the molecule is CC1CCC(N)(c2cccnc2)CC1. The summed E-state index contributed by atoms with van der Waals surface area (Å²) in [6.07, 6.45) is 8.39. The Morgan fingerprint density at radius 3 is 2.71 bits per heavy atom. The molecule has 76 valence electrons. The van der Waals surface area contributed by atoms with Crippen LogP contribution in [0, 0.1) is 5.92 Å². The maximum atomic E-state index is 6.40. The lowest BCUT2D eigenvalue weighted by molar-refractivity contribution is 0.247. The lowest BCUT2D eigenvalue weighted by Gasteiger charge is -2.36. The molecule has 1 heterocycles. The Morgan fingerprint density at radius 2 is 2.14 bits per heavy atom. The summed E-state index contributed by atoms with van der Waals surface area (Å²) in [6.45, 7) is 2.31. The third-order valence-electron chi connectivity index (χ3n) is 3.40. The van der Waals surface area contributed by atoms with E-state index in [1.165, 1.54) is 18.4 Å². The van der Waals surface area contributed by atoms with Gasteiger partial charge in [-0.15, -0.1) is 0 Å². The van der Waals surface area contributed by atoms with Crippen LogP contribution in [0.3, 0.4) is 0 Å². The summed E-state index contributed by atoms with van der Waals surface area (Å²) in [5, 5.41) is 0. The number of hydrogen-bond acceptors (Lipinski definition) is 2. The maximum absolute atomic E-state index is 6.40. The van der Waals surface area contributed by atoms with Crippen LogP contribution in [0.15, 0.2) is 24.5 Å². The van der Waals surface area contributed by atoms with Crippen molar-refractivity contribution in [2.75, 3.05) is 0 Å². The van der Waals surface area contributed by atoms with E-state index in [1.807, 2.05) is 12.3 Å². The Balaban J connectivity index is 2.17. The van der Waals surface area contributed by atoms with Crippen LogP contribution >= 0.6 is 0 Å². The summed E-state index contributed by atoms with van der Waals surface area (Å²) in [4.78, 5) is 4.14. The van der Waals surface area contributed by atoms with Crippen LogP contribution in [0.2, 0.25) is 0 Å². The van der Waals surface area contributed by atoms with E-state index in [2.05, 4.69) is 18.0 Å². The fraction of sp³-hybridized carbons (Fsp3) is 0.583. The number of rotatable bonds is 1. The Hall–Kier alpha value is -0.890. The number of nitrogens with zero attached hydrogens (tertiary/aromatic N) is 1.